The number of nitrogens with zero attached hydrogens (tertiary/aromatic N) is 2. The van der Waals surface area contributed by atoms with E-state index >= 15 is 0 Å². The number of carboxylic acid groups (broad SMARTS) is 1. The maximum absolute atomic E-state index is 12.8. The van der Waals surface area contributed by atoms with Crippen molar-refractivity contribution in [1.29, 1.82) is 0 Å². The molecule has 1 aromatic heterocycles. The molecule has 0 radical (unpaired) electrons. The summed E-state index contributed by atoms with van der Waals surface area (Å²) < 4.78 is 5.39. The normalized spacial score (nSPS) is 10.7. The van der Waals surface area contributed by atoms with Crippen LogP contribution < -0.4 is 0 Å². The summed E-state index contributed by atoms with van der Waals surface area (Å²) in [6.07, 6.45) is 0. The molecule has 0 atom stereocenters. The van der Waals surface area contributed by atoms with Crippen molar-refractivity contribution in [1.82, 2.24) is 4.90 Å². The van der Waals surface area contributed by atoms with Crippen LogP contribution in [0.1, 0.15) is 48.9 Å². The van der Waals surface area contributed by atoms with Crippen LogP contribution in [0.15, 0.2) is 16.5 Å². The molecule has 1 aromatic carbocycles. The van der Waals surface area contributed by atoms with E-state index in [2.05, 4.69) is 0 Å². The molecule has 0 saturated carbocycles. The molecule has 0 bridgehead atoms. The van der Waals surface area contributed by atoms with Crippen molar-refractivity contribution < 1.29 is 24.0 Å². The Bertz CT molecular complexity index is 913. The third-order valence-electron chi connectivity index (χ3n) is 4.27. The lowest BCUT2D eigenvalue weighted by atomic mass is 9.96. The summed E-state index contributed by atoms with van der Waals surface area (Å²) >= 11 is 0. The number of carbonyl (C=O) groups excluding carboxylic acids is 1. The molecule has 2 aromatic rings. The van der Waals surface area contributed by atoms with Gasteiger partial charge >= 0.3 is 5.97 Å². The first-order valence-electron chi connectivity index (χ1n) is 7.87. The first-order valence-corrected chi connectivity index (χ1v) is 7.87. The van der Waals surface area contributed by atoms with Crippen LogP contribution in [0.25, 0.3) is 0 Å². The molecule has 0 spiro atoms. The van der Waals surface area contributed by atoms with E-state index in [4.69, 9.17) is 9.52 Å². The van der Waals surface area contributed by atoms with Gasteiger partial charge in [-0.05, 0) is 45.4 Å². The fraction of sp³-hybridized carbons (Fsp3) is 0.333. The second-order valence-electron chi connectivity index (χ2n) is 6.27. The number of aryl methyl sites for hydroxylation is 3. The van der Waals surface area contributed by atoms with Gasteiger partial charge in [0, 0.05) is 18.2 Å². The number of rotatable bonds is 5. The summed E-state index contributed by atoms with van der Waals surface area (Å²) in [5, 5.41) is 20.4. The Morgan fingerprint density at radius 3 is 2.31 bits per heavy atom. The van der Waals surface area contributed by atoms with Gasteiger partial charge in [-0.25, -0.2) is 4.79 Å². The van der Waals surface area contributed by atoms with Gasteiger partial charge in [0.05, 0.1) is 17.0 Å². The lowest BCUT2D eigenvalue weighted by molar-refractivity contribution is -0.386. The van der Waals surface area contributed by atoms with Gasteiger partial charge in [-0.3, -0.25) is 14.9 Å². The first-order chi connectivity index (χ1) is 12.0. The molecule has 0 aliphatic carbocycles. The Labute approximate surface area is 150 Å². The van der Waals surface area contributed by atoms with Crippen LogP contribution in [0, 0.1) is 37.8 Å². The first kappa shape index (κ1) is 19.2. The van der Waals surface area contributed by atoms with Gasteiger partial charge in [-0.2, -0.15) is 0 Å². The highest BCUT2D eigenvalue weighted by atomic mass is 16.6. The molecule has 26 heavy (non-hydrogen) atoms. The highest BCUT2D eigenvalue weighted by Crippen LogP contribution is 2.29. The quantitative estimate of drug-likeness (QED) is 0.646. The third-order valence-corrected chi connectivity index (χ3v) is 4.27. The zero-order valence-electron chi connectivity index (χ0n) is 15.2. The van der Waals surface area contributed by atoms with Crippen LogP contribution >= 0.6 is 0 Å². The van der Waals surface area contributed by atoms with Crippen LogP contribution in [0.2, 0.25) is 0 Å². The van der Waals surface area contributed by atoms with E-state index in [0.717, 1.165) is 0 Å². The molecule has 1 amide bonds. The second-order valence-corrected chi connectivity index (χ2v) is 6.27. The van der Waals surface area contributed by atoms with Crippen LogP contribution in [0.4, 0.5) is 5.69 Å². The van der Waals surface area contributed by atoms with Crippen molar-refractivity contribution in [3.05, 3.63) is 61.6 Å². The van der Waals surface area contributed by atoms with E-state index in [0.29, 0.717) is 22.5 Å². The van der Waals surface area contributed by atoms with E-state index in [1.165, 1.54) is 24.9 Å². The molecule has 0 fully saturated rings. The summed E-state index contributed by atoms with van der Waals surface area (Å²) in [6.45, 7) is 6.50. The zero-order chi connectivity index (χ0) is 19.8. The number of amides is 1. The van der Waals surface area contributed by atoms with Crippen molar-refractivity contribution in [2.24, 2.45) is 0 Å². The minimum atomic E-state index is -1.10. The summed E-state index contributed by atoms with van der Waals surface area (Å²) in [4.78, 5) is 36.1. The Morgan fingerprint density at radius 1 is 1.19 bits per heavy atom. The molecule has 0 aliphatic rings. The molecule has 1 heterocycles. The maximum Gasteiger partial charge on any atom is 0.339 e. The van der Waals surface area contributed by atoms with Crippen LogP contribution in [-0.2, 0) is 6.54 Å². The van der Waals surface area contributed by atoms with E-state index in [-0.39, 0.29) is 29.1 Å². The number of carbonyl (C=O) groups is 2. The smallest absolute Gasteiger partial charge is 0.339 e. The van der Waals surface area contributed by atoms with Gasteiger partial charge in [0.2, 0.25) is 0 Å². The lowest BCUT2D eigenvalue weighted by Gasteiger charge is -2.19. The van der Waals surface area contributed by atoms with Crippen molar-refractivity contribution in [3.8, 4) is 0 Å². The Morgan fingerprint density at radius 2 is 1.81 bits per heavy atom. The minimum Gasteiger partial charge on any atom is -0.478 e. The van der Waals surface area contributed by atoms with E-state index in [1.807, 2.05) is 0 Å². The molecule has 0 unspecified atom stereocenters. The maximum atomic E-state index is 12.8. The molecule has 8 heteroatoms. The van der Waals surface area contributed by atoms with E-state index in [1.54, 1.807) is 26.8 Å². The highest BCUT2D eigenvalue weighted by molar-refractivity contribution is 5.98. The molecule has 0 saturated heterocycles. The molecule has 138 valence electrons. The molecule has 0 aliphatic heterocycles. The van der Waals surface area contributed by atoms with Crippen molar-refractivity contribution >= 4 is 17.6 Å². The number of nitro groups is 1. The van der Waals surface area contributed by atoms with Gasteiger partial charge in [0.1, 0.15) is 17.1 Å². The summed E-state index contributed by atoms with van der Waals surface area (Å²) in [7, 11) is 1.53. The van der Waals surface area contributed by atoms with Gasteiger partial charge < -0.3 is 14.4 Å². The standard InChI is InChI=1S/C18H20N2O6/c1-9-6-10(2)16(20(24)25)11(3)15(9)17(21)19(5)8-13-7-14(18(22)23)12(4)26-13/h6-7H,8H2,1-5H3,(H,22,23). The predicted molar refractivity (Wildman–Crippen MR) is 93.5 cm³/mol. The summed E-state index contributed by atoms with van der Waals surface area (Å²) in [6, 6.07) is 2.99. The number of nitro benzene ring substituents is 1. The topological polar surface area (TPSA) is 114 Å². The molecule has 2 rings (SSSR count). The highest BCUT2D eigenvalue weighted by Gasteiger charge is 2.26. The molecular formula is C18H20N2O6. The zero-order valence-corrected chi connectivity index (χ0v) is 15.2. The van der Waals surface area contributed by atoms with E-state index < -0.39 is 16.8 Å². The largest absolute Gasteiger partial charge is 0.478 e. The SMILES string of the molecule is Cc1cc(C)c([N+](=O)[O-])c(C)c1C(=O)N(C)Cc1cc(C(=O)O)c(C)o1. The van der Waals surface area contributed by atoms with Crippen LogP contribution in [-0.4, -0.2) is 33.9 Å². The summed E-state index contributed by atoms with van der Waals surface area (Å²) in [5.41, 5.74) is 1.69. The number of furan rings is 1. The second kappa shape index (κ2) is 6.99. The molecule has 8 nitrogen and oxygen atoms in total. The lowest BCUT2D eigenvalue weighted by Crippen LogP contribution is -2.27. The number of benzene rings is 1. The van der Waals surface area contributed by atoms with E-state index in [9.17, 15) is 19.7 Å². The van der Waals surface area contributed by atoms with Crippen molar-refractivity contribution in [2.45, 2.75) is 34.2 Å². The monoisotopic (exact) mass is 360 g/mol. The fourth-order valence-corrected chi connectivity index (χ4v) is 3.12. The fourth-order valence-electron chi connectivity index (χ4n) is 3.12. The number of aromatic carboxylic acids is 1. The minimum absolute atomic E-state index is 0.0409. The van der Waals surface area contributed by atoms with Crippen molar-refractivity contribution in [3.63, 3.8) is 0 Å². The Kier molecular flexibility index (Phi) is 5.15. The van der Waals surface area contributed by atoms with Crippen LogP contribution in [0.3, 0.4) is 0 Å². The van der Waals surface area contributed by atoms with Crippen LogP contribution in [0.5, 0.6) is 0 Å². The molecule has 1 N–H and O–H groups in total. The van der Waals surface area contributed by atoms with Gasteiger partial charge in [0.15, 0.2) is 0 Å². The Hall–Kier alpha value is -3.16. The van der Waals surface area contributed by atoms with Gasteiger partial charge in [0.25, 0.3) is 11.6 Å². The van der Waals surface area contributed by atoms with Gasteiger partial charge in [-0.1, -0.05) is 0 Å². The number of carboxylic acids is 1. The van der Waals surface area contributed by atoms with Crippen molar-refractivity contribution in [2.75, 3.05) is 7.05 Å². The third kappa shape index (κ3) is 3.44. The average Bonchev–Trinajstić information content (AvgIpc) is 2.86. The number of hydrogen-bond donors (Lipinski definition) is 1. The van der Waals surface area contributed by atoms with Gasteiger partial charge in [-0.15, -0.1) is 0 Å². The summed E-state index contributed by atoms with van der Waals surface area (Å²) in [5.74, 6) is -0.916. The predicted octanol–water partition coefficient (Wildman–Crippen LogP) is 3.39. The number of hydrogen-bond acceptors (Lipinski definition) is 5. The Balaban J connectivity index is 2.37. The average molecular weight is 360 g/mol. The molecular weight excluding hydrogens is 340 g/mol.